The lowest BCUT2D eigenvalue weighted by Gasteiger charge is -2.45. The average molecular weight is 459 g/mol. The van der Waals surface area contributed by atoms with Gasteiger partial charge in [0.25, 0.3) is 5.95 Å². The number of aliphatic imine (C=N–C) groups is 1. The molecule has 0 bridgehead atoms. The summed E-state index contributed by atoms with van der Waals surface area (Å²) in [6, 6.07) is 9.14. The highest BCUT2D eigenvalue weighted by molar-refractivity contribution is 6.33. The first-order valence-electron chi connectivity index (χ1n) is 10.2. The van der Waals surface area contributed by atoms with Crippen LogP contribution in [0.5, 0.6) is 0 Å². The van der Waals surface area contributed by atoms with Gasteiger partial charge in [0.2, 0.25) is 0 Å². The Kier molecular flexibility index (Phi) is 5.78. The molecule has 2 aromatic heterocycles. The minimum atomic E-state index is -0.872. The molecule has 0 amide bonds. The maximum Gasteiger partial charge on any atom is 0.254 e. The fourth-order valence-corrected chi connectivity index (χ4v) is 4.11. The summed E-state index contributed by atoms with van der Waals surface area (Å²) >= 11 is 6.31. The number of aliphatic hydroxyl groups excluding tert-OH is 1. The van der Waals surface area contributed by atoms with Gasteiger partial charge in [0.05, 0.1) is 31.9 Å². The molecule has 10 nitrogen and oxygen atoms in total. The maximum absolute atomic E-state index is 11.3. The molecule has 1 N–H and O–H groups in total. The Morgan fingerprint density at radius 2 is 2.00 bits per heavy atom. The Balaban J connectivity index is 1.44. The Labute approximate surface area is 189 Å². The molecule has 0 radical (unpaired) electrons. The van der Waals surface area contributed by atoms with Crippen LogP contribution in [0.3, 0.4) is 0 Å². The van der Waals surface area contributed by atoms with Gasteiger partial charge in [-0.05, 0) is 0 Å². The van der Waals surface area contributed by atoms with Crippen molar-refractivity contribution in [1.29, 1.82) is 0 Å². The number of fused-ring (bicyclic) bond motifs is 2. The summed E-state index contributed by atoms with van der Waals surface area (Å²) in [5, 5.41) is 11.4. The number of rotatable bonds is 4. The van der Waals surface area contributed by atoms with Gasteiger partial charge in [-0.2, -0.15) is 9.97 Å². The fraction of sp³-hybridized carbons (Fsp3) is 0.429. The highest BCUT2D eigenvalue weighted by Gasteiger charge is 2.46. The second-order valence-corrected chi connectivity index (χ2v) is 8.31. The number of imidazole rings is 1. The molecular weight excluding hydrogens is 436 g/mol. The van der Waals surface area contributed by atoms with E-state index in [9.17, 15) is 5.11 Å². The van der Waals surface area contributed by atoms with Crippen LogP contribution in [0.2, 0.25) is 5.15 Å². The predicted octanol–water partition coefficient (Wildman–Crippen LogP) is 2.12. The molecule has 5 atom stereocenters. The van der Waals surface area contributed by atoms with Crippen LogP contribution in [-0.4, -0.2) is 81.5 Å². The normalized spacial score (nSPS) is 28.2. The summed E-state index contributed by atoms with van der Waals surface area (Å²) in [5.74, 6) is 0.202. The predicted molar refractivity (Wildman–Crippen MR) is 117 cm³/mol. The van der Waals surface area contributed by atoms with Crippen molar-refractivity contribution in [2.45, 2.75) is 30.6 Å². The van der Waals surface area contributed by atoms with Gasteiger partial charge in [0, 0.05) is 19.7 Å². The summed E-state index contributed by atoms with van der Waals surface area (Å²) in [6.45, 7) is 0.574. The zero-order chi connectivity index (χ0) is 22.2. The molecule has 0 spiro atoms. The molecule has 2 saturated heterocycles. The number of halogens is 1. The van der Waals surface area contributed by atoms with Crippen molar-refractivity contribution < 1.29 is 19.3 Å². The van der Waals surface area contributed by atoms with E-state index >= 15 is 0 Å². The van der Waals surface area contributed by atoms with Crippen molar-refractivity contribution in [1.82, 2.24) is 24.4 Å². The summed E-state index contributed by atoms with van der Waals surface area (Å²) in [7, 11) is 3.69. The van der Waals surface area contributed by atoms with Gasteiger partial charge in [-0.15, -0.1) is 0 Å². The van der Waals surface area contributed by atoms with E-state index in [-0.39, 0.29) is 23.8 Å². The molecule has 0 aliphatic carbocycles. The van der Waals surface area contributed by atoms with Crippen LogP contribution in [0.4, 0.5) is 5.95 Å². The van der Waals surface area contributed by atoms with Gasteiger partial charge in [0.1, 0.15) is 23.8 Å². The van der Waals surface area contributed by atoms with Crippen LogP contribution in [0.15, 0.2) is 41.7 Å². The molecular formula is C21H23ClN6O4. The minimum Gasteiger partial charge on any atom is -0.388 e. The van der Waals surface area contributed by atoms with Gasteiger partial charge in [-0.1, -0.05) is 41.9 Å². The lowest BCUT2D eigenvalue weighted by Crippen LogP contribution is -2.56. The van der Waals surface area contributed by atoms with Crippen LogP contribution in [0, 0.1) is 0 Å². The van der Waals surface area contributed by atoms with Crippen LogP contribution in [0.25, 0.3) is 11.2 Å². The number of ether oxygens (including phenoxy) is 3. The van der Waals surface area contributed by atoms with Gasteiger partial charge >= 0.3 is 0 Å². The van der Waals surface area contributed by atoms with E-state index in [2.05, 4.69) is 19.9 Å². The lowest BCUT2D eigenvalue weighted by atomic mass is 9.97. The second-order valence-electron chi connectivity index (χ2n) is 7.95. The summed E-state index contributed by atoms with van der Waals surface area (Å²) in [4.78, 5) is 19.0. The minimum absolute atomic E-state index is 0.190. The van der Waals surface area contributed by atoms with Crippen molar-refractivity contribution >= 4 is 35.1 Å². The Morgan fingerprint density at radius 3 is 2.78 bits per heavy atom. The van der Waals surface area contributed by atoms with Gasteiger partial charge in [-0.25, -0.2) is 9.98 Å². The molecule has 168 valence electrons. The van der Waals surface area contributed by atoms with Crippen LogP contribution in [0.1, 0.15) is 17.9 Å². The van der Waals surface area contributed by atoms with Crippen molar-refractivity contribution in [3.63, 3.8) is 0 Å². The molecule has 2 aliphatic heterocycles. The highest BCUT2D eigenvalue weighted by Crippen LogP contribution is 2.36. The summed E-state index contributed by atoms with van der Waals surface area (Å²) in [6.07, 6.45) is 0.779. The van der Waals surface area contributed by atoms with E-state index < -0.39 is 24.5 Å². The molecule has 0 saturated carbocycles. The van der Waals surface area contributed by atoms with E-state index in [0.717, 1.165) is 5.56 Å². The molecule has 2 fully saturated rings. The first-order chi connectivity index (χ1) is 15.5. The molecule has 5 unspecified atom stereocenters. The Morgan fingerprint density at radius 1 is 1.19 bits per heavy atom. The molecule has 2 aliphatic rings. The van der Waals surface area contributed by atoms with Crippen LogP contribution in [-0.2, 0) is 14.2 Å². The largest absolute Gasteiger partial charge is 0.388 e. The van der Waals surface area contributed by atoms with E-state index in [1.807, 2.05) is 44.4 Å². The molecule has 3 aromatic rings. The highest BCUT2D eigenvalue weighted by atomic mass is 35.5. The number of benzene rings is 1. The zero-order valence-electron chi connectivity index (χ0n) is 17.6. The third-order valence-corrected chi connectivity index (χ3v) is 5.73. The van der Waals surface area contributed by atoms with Crippen molar-refractivity contribution in [2.24, 2.45) is 4.99 Å². The quantitative estimate of drug-likeness (QED) is 0.360. The van der Waals surface area contributed by atoms with Crippen LogP contribution >= 0.6 is 11.6 Å². The SMILES string of the molecule is CN(C)/C=N/c1nc(Cl)c2ncn(C3COC4COC(c5ccccc5)OC4C3O)c2n1. The van der Waals surface area contributed by atoms with Gasteiger partial charge in [0.15, 0.2) is 17.1 Å². The maximum atomic E-state index is 11.3. The Bertz CT molecular complexity index is 1120. The zero-order valence-corrected chi connectivity index (χ0v) is 18.3. The van der Waals surface area contributed by atoms with Crippen molar-refractivity contribution in [2.75, 3.05) is 27.3 Å². The van der Waals surface area contributed by atoms with E-state index in [1.165, 1.54) is 0 Å². The Hall–Kier alpha value is -2.63. The third kappa shape index (κ3) is 3.96. The monoisotopic (exact) mass is 458 g/mol. The molecule has 5 rings (SSSR count). The number of aromatic nitrogens is 4. The molecule has 1 aromatic carbocycles. The van der Waals surface area contributed by atoms with Gasteiger partial charge < -0.3 is 28.8 Å². The molecule has 11 heteroatoms. The summed E-state index contributed by atoms with van der Waals surface area (Å²) < 4.78 is 19.7. The van der Waals surface area contributed by atoms with Crippen LogP contribution < -0.4 is 0 Å². The van der Waals surface area contributed by atoms with Crippen molar-refractivity contribution in [3.05, 3.63) is 47.4 Å². The van der Waals surface area contributed by atoms with E-state index in [1.54, 1.807) is 22.1 Å². The number of hydrogen-bond acceptors (Lipinski definition) is 8. The average Bonchev–Trinajstić information content (AvgIpc) is 3.23. The number of nitrogens with zero attached hydrogens (tertiary/aromatic N) is 6. The topological polar surface area (TPSA) is 107 Å². The first kappa shape index (κ1) is 21.2. The van der Waals surface area contributed by atoms with Crippen molar-refractivity contribution in [3.8, 4) is 0 Å². The summed E-state index contributed by atoms with van der Waals surface area (Å²) in [5.41, 5.74) is 1.78. The van der Waals surface area contributed by atoms with E-state index in [0.29, 0.717) is 17.8 Å². The smallest absolute Gasteiger partial charge is 0.254 e. The molecule has 32 heavy (non-hydrogen) atoms. The van der Waals surface area contributed by atoms with Gasteiger partial charge in [-0.3, -0.25) is 0 Å². The number of hydrogen-bond donors (Lipinski definition) is 1. The number of aliphatic hydroxyl groups is 1. The first-order valence-corrected chi connectivity index (χ1v) is 10.6. The lowest BCUT2D eigenvalue weighted by molar-refractivity contribution is -0.306. The fourth-order valence-electron chi connectivity index (χ4n) is 3.90. The molecule has 4 heterocycles. The second kappa shape index (κ2) is 8.72. The third-order valence-electron chi connectivity index (χ3n) is 5.47. The standard InChI is InChI=1S/C21H23ClN6O4/c1-27(2)10-24-21-25-18(22)15-19(26-21)28(11-23-15)13-8-30-14-9-31-20(32-17(14)16(13)29)12-6-4-3-5-7-12/h3-7,10-11,13-14,16-17,20,29H,8-9H2,1-2H3/b24-10+. The van der Waals surface area contributed by atoms with E-state index in [4.69, 9.17) is 25.8 Å².